The van der Waals surface area contributed by atoms with Crippen molar-refractivity contribution in [2.45, 2.75) is 25.9 Å². The molecule has 3 aromatic rings. The molecule has 6 nitrogen and oxygen atoms in total. The smallest absolute Gasteiger partial charge is 0.245 e. The first kappa shape index (κ1) is 15.0. The summed E-state index contributed by atoms with van der Waals surface area (Å²) in [6, 6.07) is 11.6. The maximum Gasteiger partial charge on any atom is 0.245 e. The minimum atomic E-state index is -0.647. The maximum absolute atomic E-state index is 12.6. The van der Waals surface area contributed by atoms with Crippen LogP contribution in [0.3, 0.4) is 0 Å². The number of nitrogens with zero attached hydrogens (tertiary/aromatic N) is 4. The van der Waals surface area contributed by atoms with Gasteiger partial charge in [0.05, 0.1) is 5.69 Å². The van der Waals surface area contributed by atoms with E-state index in [1.165, 1.54) is 6.33 Å². The molecule has 2 heterocycles. The Kier molecular flexibility index (Phi) is 3.97. The highest BCUT2D eigenvalue weighted by Crippen LogP contribution is 2.17. The van der Waals surface area contributed by atoms with Crippen LogP contribution in [0, 0.1) is 0 Å². The van der Waals surface area contributed by atoms with E-state index in [9.17, 15) is 4.79 Å². The predicted octanol–water partition coefficient (Wildman–Crippen LogP) is 2.12. The van der Waals surface area contributed by atoms with Gasteiger partial charge in [-0.1, -0.05) is 18.2 Å². The Hall–Kier alpha value is -2.89. The molecule has 3 rings (SSSR count). The number of hydrogen-bond acceptors (Lipinski definition) is 3. The average molecular weight is 309 g/mol. The SMILES string of the molecule is CC(C)(C(=O)NCc1ccccc1-n1cncn1)n1cccc1. The molecule has 1 N–H and O–H groups in total. The first-order valence-electron chi connectivity index (χ1n) is 7.43. The highest BCUT2D eigenvalue weighted by Gasteiger charge is 2.28. The van der Waals surface area contributed by atoms with Gasteiger partial charge in [-0.3, -0.25) is 4.79 Å². The summed E-state index contributed by atoms with van der Waals surface area (Å²) in [4.78, 5) is 16.5. The van der Waals surface area contributed by atoms with Crippen LogP contribution in [0.15, 0.2) is 61.4 Å². The van der Waals surface area contributed by atoms with Gasteiger partial charge in [0, 0.05) is 18.9 Å². The molecule has 0 saturated heterocycles. The summed E-state index contributed by atoms with van der Waals surface area (Å²) < 4.78 is 3.59. The lowest BCUT2D eigenvalue weighted by Crippen LogP contribution is -2.43. The molecule has 0 aliphatic rings. The van der Waals surface area contributed by atoms with E-state index >= 15 is 0 Å². The molecule has 0 aliphatic carbocycles. The summed E-state index contributed by atoms with van der Waals surface area (Å²) in [7, 11) is 0. The van der Waals surface area contributed by atoms with Gasteiger partial charge in [0.1, 0.15) is 18.2 Å². The molecular formula is C17H19N5O. The van der Waals surface area contributed by atoms with Crippen molar-refractivity contribution < 1.29 is 4.79 Å². The fraction of sp³-hybridized carbons (Fsp3) is 0.235. The molecule has 6 heteroatoms. The summed E-state index contributed by atoms with van der Waals surface area (Å²) in [5.41, 5.74) is 1.24. The third-order valence-electron chi connectivity index (χ3n) is 3.90. The van der Waals surface area contributed by atoms with E-state index in [0.29, 0.717) is 6.54 Å². The third-order valence-corrected chi connectivity index (χ3v) is 3.90. The Balaban J connectivity index is 1.76. The van der Waals surface area contributed by atoms with Crippen LogP contribution >= 0.6 is 0 Å². The van der Waals surface area contributed by atoms with E-state index in [4.69, 9.17) is 0 Å². The maximum atomic E-state index is 12.6. The fourth-order valence-electron chi connectivity index (χ4n) is 2.43. The summed E-state index contributed by atoms with van der Waals surface area (Å²) in [6.07, 6.45) is 6.92. The molecule has 0 unspecified atom stereocenters. The number of aromatic nitrogens is 4. The van der Waals surface area contributed by atoms with Crippen molar-refractivity contribution in [2.24, 2.45) is 0 Å². The first-order valence-corrected chi connectivity index (χ1v) is 7.43. The molecule has 0 atom stereocenters. The molecule has 2 aromatic heterocycles. The lowest BCUT2D eigenvalue weighted by atomic mass is 10.0. The minimum absolute atomic E-state index is 0.0397. The molecule has 0 saturated carbocycles. The zero-order chi connectivity index (χ0) is 16.3. The van der Waals surface area contributed by atoms with Crippen molar-refractivity contribution in [3.8, 4) is 5.69 Å². The average Bonchev–Trinajstić information content (AvgIpc) is 3.25. The molecule has 0 fully saturated rings. The number of nitrogens with one attached hydrogen (secondary N) is 1. The van der Waals surface area contributed by atoms with Crippen LogP contribution in [0.4, 0.5) is 0 Å². The van der Waals surface area contributed by atoms with Crippen molar-refractivity contribution in [1.82, 2.24) is 24.6 Å². The van der Waals surface area contributed by atoms with Gasteiger partial charge in [-0.05, 0) is 37.6 Å². The number of amides is 1. The number of para-hydroxylation sites is 1. The predicted molar refractivity (Wildman–Crippen MR) is 87.0 cm³/mol. The van der Waals surface area contributed by atoms with E-state index in [1.54, 1.807) is 11.0 Å². The number of benzene rings is 1. The van der Waals surface area contributed by atoms with Gasteiger partial charge in [0.15, 0.2) is 0 Å². The van der Waals surface area contributed by atoms with Gasteiger partial charge in [0.25, 0.3) is 0 Å². The Bertz CT molecular complexity index is 775. The van der Waals surface area contributed by atoms with Crippen LogP contribution in [-0.4, -0.2) is 25.2 Å². The van der Waals surface area contributed by atoms with Crippen LogP contribution in [-0.2, 0) is 16.9 Å². The largest absolute Gasteiger partial charge is 0.350 e. The summed E-state index contributed by atoms with van der Waals surface area (Å²) in [6.45, 7) is 4.22. The third kappa shape index (κ3) is 3.01. The second-order valence-electron chi connectivity index (χ2n) is 5.80. The zero-order valence-corrected chi connectivity index (χ0v) is 13.2. The molecule has 118 valence electrons. The first-order chi connectivity index (χ1) is 11.1. The second-order valence-corrected chi connectivity index (χ2v) is 5.80. The van der Waals surface area contributed by atoms with Crippen molar-refractivity contribution in [2.75, 3.05) is 0 Å². The molecule has 1 aromatic carbocycles. The Morgan fingerprint density at radius 1 is 1.17 bits per heavy atom. The number of hydrogen-bond donors (Lipinski definition) is 1. The Morgan fingerprint density at radius 3 is 2.61 bits per heavy atom. The van der Waals surface area contributed by atoms with Gasteiger partial charge in [0.2, 0.25) is 5.91 Å². The summed E-state index contributed by atoms with van der Waals surface area (Å²) in [5.74, 6) is -0.0397. The number of carbonyl (C=O) groups excluding carboxylic acids is 1. The van der Waals surface area contributed by atoms with E-state index in [-0.39, 0.29) is 5.91 Å². The molecule has 23 heavy (non-hydrogen) atoms. The van der Waals surface area contributed by atoms with Gasteiger partial charge < -0.3 is 9.88 Å². The van der Waals surface area contributed by atoms with Crippen LogP contribution in [0.2, 0.25) is 0 Å². The van der Waals surface area contributed by atoms with Gasteiger partial charge >= 0.3 is 0 Å². The van der Waals surface area contributed by atoms with Crippen LogP contribution in [0.5, 0.6) is 0 Å². The fourth-order valence-corrected chi connectivity index (χ4v) is 2.43. The Labute approximate surface area is 134 Å². The van der Waals surface area contributed by atoms with Gasteiger partial charge in [-0.15, -0.1) is 0 Å². The van der Waals surface area contributed by atoms with E-state index in [0.717, 1.165) is 11.3 Å². The number of carbonyl (C=O) groups is 1. The molecule has 0 aliphatic heterocycles. The number of rotatable bonds is 5. The van der Waals surface area contributed by atoms with E-state index in [2.05, 4.69) is 15.4 Å². The molecular weight excluding hydrogens is 290 g/mol. The van der Waals surface area contributed by atoms with Crippen molar-refractivity contribution in [3.63, 3.8) is 0 Å². The van der Waals surface area contributed by atoms with Crippen molar-refractivity contribution in [3.05, 3.63) is 67.0 Å². The van der Waals surface area contributed by atoms with Crippen molar-refractivity contribution >= 4 is 5.91 Å². The second kappa shape index (κ2) is 6.08. The molecule has 1 amide bonds. The molecule has 0 radical (unpaired) electrons. The van der Waals surface area contributed by atoms with Crippen molar-refractivity contribution in [1.29, 1.82) is 0 Å². The molecule has 0 bridgehead atoms. The lowest BCUT2D eigenvalue weighted by molar-refractivity contribution is -0.128. The monoisotopic (exact) mass is 309 g/mol. The Morgan fingerprint density at radius 2 is 1.91 bits per heavy atom. The van der Waals surface area contributed by atoms with Crippen LogP contribution in [0.1, 0.15) is 19.4 Å². The summed E-state index contributed by atoms with van der Waals surface area (Å²) >= 11 is 0. The van der Waals surface area contributed by atoms with Gasteiger partial charge in [-0.2, -0.15) is 5.10 Å². The highest BCUT2D eigenvalue weighted by molar-refractivity contribution is 5.83. The normalized spacial score (nSPS) is 11.4. The standard InChI is InChI=1S/C17H19N5O/c1-17(2,21-9-5-6-10-21)16(23)19-11-14-7-3-4-8-15(14)22-13-18-12-20-22/h3-10,12-13H,11H2,1-2H3,(H,19,23). The quantitative estimate of drug-likeness (QED) is 0.785. The van der Waals surface area contributed by atoms with E-state index < -0.39 is 5.54 Å². The van der Waals surface area contributed by atoms with Crippen LogP contribution < -0.4 is 5.32 Å². The minimum Gasteiger partial charge on any atom is -0.350 e. The zero-order valence-electron chi connectivity index (χ0n) is 13.2. The highest BCUT2D eigenvalue weighted by atomic mass is 16.2. The van der Waals surface area contributed by atoms with Crippen LogP contribution in [0.25, 0.3) is 5.69 Å². The van der Waals surface area contributed by atoms with E-state index in [1.807, 2.05) is 67.2 Å². The topological polar surface area (TPSA) is 64.7 Å². The summed E-state index contributed by atoms with van der Waals surface area (Å²) in [5, 5.41) is 7.16. The lowest BCUT2D eigenvalue weighted by Gasteiger charge is -2.26. The van der Waals surface area contributed by atoms with Gasteiger partial charge in [-0.25, -0.2) is 9.67 Å². The molecule has 0 spiro atoms.